The van der Waals surface area contributed by atoms with E-state index in [-0.39, 0.29) is 40.4 Å². The molecule has 0 radical (unpaired) electrons. The minimum Gasteiger partial charge on any atom is -0.444 e. The Bertz CT molecular complexity index is 2020. The maximum atomic E-state index is 12.5. The lowest BCUT2D eigenvalue weighted by atomic mass is 9.94. The normalized spacial score (nSPS) is 14.9. The van der Waals surface area contributed by atoms with Gasteiger partial charge < -0.3 is 29.7 Å². The number of rotatable bonds is 12. The summed E-state index contributed by atoms with van der Waals surface area (Å²) in [6.07, 6.45) is 12.6. The fraction of sp³-hybridized carbons (Fsp3) is 0.500. The maximum absolute atomic E-state index is 12.5. The van der Waals surface area contributed by atoms with Gasteiger partial charge in [0.25, 0.3) is 0 Å². The zero-order valence-corrected chi connectivity index (χ0v) is 38.3. The molecule has 19 heteroatoms. The number of thioether (sulfide) groups is 2. The quantitative estimate of drug-likeness (QED) is 0.0698. The summed E-state index contributed by atoms with van der Waals surface area (Å²) < 4.78 is 13.6. The highest BCUT2D eigenvalue weighted by molar-refractivity contribution is 8.00. The largest absolute Gasteiger partial charge is 0.444 e. The summed E-state index contributed by atoms with van der Waals surface area (Å²) in [6, 6.07) is 0. The van der Waals surface area contributed by atoms with Crippen LogP contribution < -0.4 is 16.0 Å². The van der Waals surface area contributed by atoms with Gasteiger partial charge in [-0.15, -0.1) is 23.5 Å². The van der Waals surface area contributed by atoms with Gasteiger partial charge in [-0.1, -0.05) is 77.4 Å². The van der Waals surface area contributed by atoms with E-state index in [4.69, 9.17) is 20.4 Å². The van der Waals surface area contributed by atoms with Gasteiger partial charge in [-0.2, -0.15) is 0 Å². The van der Waals surface area contributed by atoms with Crippen LogP contribution in [0.2, 0.25) is 0 Å². The molecule has 3 N–H and O–H groups in total. The first-order valence-electron chi connectivity index (χ1n) is 19.1. The monoisotopic (exact) mass is 904 g/mol. The van der Waals surface area contributed by atoms with E-state index < -0.39 is 5.24 Å². The first kappa shape index (κ1) is 47.9. The second-order valence-corrected chi connectivity index (χ2v) is 20.6. The van der Waals surface area contributed by atoms with Gasteiger partial charge in [0.05, 0.1) is 44.7 Å². The highest BCUT2D eigenvalue weighted by Gasteiger charge is 2.27. The third-order valence-corrected chi connectivity index (χ3v) is 13.3. The molecule has 0 saturated carbocycles. The summed E-state index contributed by atoms with van der Waals surface area (Å²) in [6.45, 7) is 22.1. The lowest BCUT2D eigenvalue weighted by Crippen LogP contribution is -2.40. The highest BCUT2D eigenvalue weighted by Crippen LogP contribution is 2.34. The van der Waals surface area contributed by atoms with E-state index in [2.05, 4.69) is 90.6 Å². The summed E-state index contributed by atoms with van der Waals surface area (Å²) in [5.41, 5.74) is -0.0977. The van der Waals surface area contributed by atoms with Gasteiger partial charge in [0, 0.05) is 35.8 Å². The van der Waals surface area contributed by atoms with Crippen LogP contribution in [-0.2, 0) is 41.5 Å². The molecule has 2 fully saturated rings. The molecule has 0 aromatic carbocycles. The Labute approximate surface area is 367 Å². The van der Waals surface area contributed by atoms with Gasteiger partial charge in [0.2, 0.25) is 34.7 Å². The van der Waals surface area contributed by atoms with Crippen LogP contribution in [0.15, 0.2) is 67.3 Å². The summed E-state index contributed by atoms with van der Waals surface area (Å²) in [5, 5.41) is 9.86. The van der Waals surface area contributed by atoms with Gasteiger partial charge in [0.1, 0.15) is 11.5 Å². The van der Waals surface area contributed by atoms with Crippen LogP contribution in [0.3, 0.4) is 0 Å². The molecule has 6 rings (SSSR count). The maximum Gasteiger partial charge on any atom is 0.245 e. The smallest absolute Gasteiger partial charge is 0.245 e. The Kier molecular flexibility index (Phi) is 18.4. The molecule has 4 aromatic rings. The fourth-order valence-electron chi connectivity index (χ4n) is 5.47. The Morgan fingerprint density at radius 3 is 1.56 bits per heavy atom. The number of hydrogen-bond acceptors (Lipinski definition) is 15. The number of hydrogen-bond donors (Lipinski definition) is 3. The van der Waals surface area contributed by atoms with E-state index in [0.717, 1.165) is 51.9 Å². The van der Waals surface area contributed by atoms with Crippen molar-refractivity contribution < 1.29 is 28.0 Å². The van der Waals surface area contributed by atoms with Gasteiger partial charge in [0.15, 0.2) is 10.3 Å². The van der Waals surface area contributed by atoms with Crippen molar-refractivity contribution in [3.63, 3.8) is 0 Å². The molecule has 2 aliphatic rings. The number of carbonyl (C=O) groups is 4. The predicted octanol–water partition coefficient (Wildman–Crippen LogP) is 8.68. The molecule has 0 atom stereocenters. The van der Waals surface area contributed by atoms with Crippen LogP contribution in [0, 0.1) is 11.8 Å². The van der Waals surface area contributed by atoms with Gasteiger partial charge >= 0.3 is 0 Å². The zero-order valence-electron chi connectivity index (χ0n) is 34.3. The van der Waals surface area contributed by atoms with Crippen molar-refractivity contribution in [2.75, 3.05) is 36.8 Å². The molecule has 0 unspecified atom stereocenters. The topological polar surface area (TPSA) is 185 Å². The Balaban J connectivity index is 0.000000236. The summed E-state index contributed by atoms with van der Waals surface area (Å²) in [4.78, 5) is 64.8. The number of amides is 3. The Morgan fingerprint density at radius 2 is 1.19 bits per heavy atom. The Morgan fingerprint density at radius 1 is 0.763 bits per heavy atom. The predicted molar refractivity (Wildman–Crippen MR) is 237 cm³/mol. The third-order valence-electron chi connectivity index (χ3n) is 8.91. The lowest BCUT2D eigenvalue weighted by Gasteiger charge is -2.30. The van der Waals surface area contributed by atoms with E-state index in [0.29, 0.717) is 59.5 Å². The number of allylic oxidation sites excluding steroid dienone is 1. The van der Waals surface area contributed by atoms with Crippen LogP contribution >= 0.6 is 57.8 Å². The zero-order chi connectivity index (χ0) is 43.2. The molecule has 6 heterocycles. The molecular formula is C40H53ClN8O6S4. The Hall–Kier alpha value is -3.81. The van der Waals surface area contributed by atoms with Gasteiger partial charge in [-0.05, 0) is 62.5 Å². The molecule has 320 valence electrons. The van der Waals surface area contributed by atoms with E-state index in [1.807, 2.05) is 0 Å². The molecule has 4 aromatic heterocycles. The number of aromatic nitrogens is 4. The molecule has 0 aliphatic carbocycles. The number of anilines is 2. The SMILES string of the molecule is C=CC(=O)Cl.C=CC(=O)N1CCC(C(=O)Nc2ncc(SCc3ncc(C(C)(C)C)o3)s2)CC1.CC(C)(C)c1cnc(CSc2cnc(NC(=O)C3CCNCC3)s2)o1. The summed E-state index contributed by atoms with van der Waals surface area (Å²) in [5.74, 6) is 4.36. The highest BCUT2D eigenvalue weighted by atomic mass is 35.5. The van der Waals surface area contributed by atoms with E-state index >= 15 is 0 Å². The second kappa shape index (κ2) is 22.7. The average Bonchev–Trinajstić information content (AvgIpc) is 4.05. The molecule has 2 aliphatic heterocycles. The van der Waals surface area contributed by atoms with Crippen LogP contribution in [0.1, 0.15) is 90.5 Å². The van der Waals surface area contributed by atoms with Crippen molar-refractivity contribution in [2.45, 2.75) is 98.0 Å². The number of likely N-dealkylation sites (tertiary alicyclic amines) is 1. The summed E-state index contributed by atoms with van der Waals surface area (Å²) >= 11 is 10.8. The third kappa shape index (κ3) is 16.0. The number of thiazole rings is 2. The van der Waals surface area contributed by atoms with E-state index in [9.17, 15) is 19.2 Å². The number of nitrogens with zero attached hydrogens (tertiary/aromatic N) is 5. The van der Waals surface area contributed by atoms with Crippen molar-refractivity contribution in [1.29, 1.82) is 0 Å². The van der Waals surface area contributed by atoms with Gasteiger partial charge in [-0.3, -0.25) is 19.2 Å². The van der Waals surface area contributed by atoms with Crippen molar-refractivity contribution in [3.8, 4) is 0 Å². The van der Waals surface area contributed by atoms with Crippen LogP contribution in [-0.4, -0.2) is 74.0 Å². The molecule has 3 amide bonds. The molecule has 2 saturated heterocycles. The minimum atomic E-state index is -0.509. The second-order valence-electron chi connectivity index (χ2n) is 15.6. The number of nitrogens with one attached hydrogen (secondary N) is 3. The van der Waals surface area contributed by atoms with Crippen LogP contribution in [0.4, 0.5) is 10.3 Å². The van der Waals surface area contributed by atoms with Crippen molar-refractivity contribution in [3.05, 3.63) is 73.4 Å². The number of halogens is 1. The molecule has 59 heavy (non-hydrogen) atoms. The van der Waals surface area contributed by atoms with Crippen LogP contribution in [0.5, 0.6) is 0 Å². The van der Waals surface area contributed by atoms with E-state index in [1.165, 1.54) is 28.7 Å². The van der Waals surface area contributed by atoms with Crippen LogP contribution in [0.25, 0.3) is 0 Å². The number of piperidine rings is 2. The van der Waals surface area contributed by atoms with Gasteiger partial charge in [-0.25, -0.2) is 19.9 Å². The summed E-state index contributed by atoms with van der Waals surface area (Å²) in [7, 11) is 0. The van der Waals surface area contributed by atoms with Crippen molar-refractivity contribution in [1.82, 2.24) is 30.2 Å². The first-order chi connectivity index (χ1) is 27.9. The molecular weight excluding hydrogens is 852 g/mol. The standard InChI is InChI=1S/C20H26N4O3S2.C17H24N4O2S2.C3H3ClO/c1-5-16(25)24-8-6-13(7-9-24)18(26)23-19-22-11-17(29-19)28-12-15-21-10-14(27-15)20(2,3)4;1-17(2,3)12-8-19-13(23-12)10-24-14-9-20-16(25-14)21-15(22)11-4-6-18-7-5-11;1-2-3(4)5/h5,10-11,13H,1,6-9,12H2,2-4H3,(H,22,23,26);8-9,11,18H,4-7,10H2,1-3H3,(H,20,21,22);2H,1H2. The van der Waals surface area contributed by atoms with Crippen molar-refractivity contribution in [2.24, 2.45) is 11.8 Å². The van der Waals surface area contributed by atoms with Crippen molar-refractivity contribution >= 4 is 91.0 Å². The minimum absolute atomic E-state index is 0.0352. The fourth-order valence-corrected chi connectivity index (χ4v) is 8.93. The number of oxazole rings is 2. The van der Waals surface area contributed by atoms with E-state index in [1.54, 1.807) is 53.2 Å². The number of carbonyl (C=O) groups excluding carboxylic acids is 4. The molecule has 0 bridgehead atoms. The molecule has 0 spiro atoms. The molecule has 14 nitrogen and oxygen atoms in total. The average molecular weight is 906 g/mol. The lowest BCUT2D eigenvalue weighted by molar-refractivity contribution is -0.130. The first-order valence-corrected chi connectivity index (χ1v) is 23.1.